The number of rotatable bonds is 6. The fourth-order valence-electron chi connectivity index (χ4n) is 2.49. The van der Waals surface area contributed by atoms with E-state index < -0.39 is 0 Å². The van der Waals surface area contributed by atoms with Crippen LogP contribution in [0, 0.1) is 13.8 Å². The van der Waals surface area contributed by atoms with E-state index in [0.717, 1.165) is 16.8 Å². The predicted molar refractivity (Wildman–Crippen MR) is 100 cm³/mol. The molecule has 0 bridgehead atoms. The third kappa shape index (κ3) is 4.49. The normalized spacial score (nSPS) is 10.9. The van der Waals surface area contributed by atoms with Gasteiger partial charge in [-0.15, -0.1) is 0 Å². The number of nitrogens with zero attached hydrogens (tertiary/aromatic N) is 3. The van der Waals surface area contributed by atoms with Crippen LogP contribution in [-0.4, -0.2) is 27.1 Å². The van der Waals surface area contributed by atoms with Crippen molar-refractivity contribution >= 4 is 5.91 Å². The lowest BCUT2D eigenvalue weighted by Crippen LogP contribution is -2.30. The van der Waals surface area contributed by atoms with Gasteiger partial charge in [0.05, 0.1) is 11.1 Å². The molecule has 3 heterocycles. The molecule has 7 nitrogen and oxygen atoms in total. The van der Waals surface area contributed by atoms with Gasteiger partial charge in [-0.25, -0.2) is 4.98 Å². The van der Waals surface area contributed by atoms with Crippen LogP contribution in [0.2, 0.25) is 0 Å². The summed E-state index contributed by atoms with van der Waals surface area (Å²) in [6.45, 7) is 7.84. The number of hydrogen-bond acceptors (Lipinski definition) is 6. The van der Waals surface area contributed by atoms with Gasteiger partial charge >= 0.3 is 0 Å². The van der Waals surface area contributed by atoms with Gasteiger partial charge < -0.3 is 14.6 Å². The lowest BCUT2D eigenvalue weighted by Gasteiger charge is -2.09. The highest BCUT2D eigenvalue weighted by molar-refractivity contribution is 5.94. The summed E-state index contributed by atoms with van der Waals surface area (Å²) in [5.41, 5.74) is 3.83. The molecule has 0 aliphatic rings. The molecule has 0 aliphatic heterocycles. The fraction of sp³-hybridized carbons (Fsp3) is 0.300. The number of amides is 1. The van der Waals surface area contributed by atoms with Gasteiger partial charge in [0.15, 0.2) is 0 Å². The molecule has 0 radical (unpaired) electrons. The molecule has 0 saturated heterocycles. The SMILES string of the molecule is Cc1ccc(-c2noc(C)c2COc2ccc(C(=O)NC(C)C)cn2)cn1. The molecule has 0 spiro atoms. The first-order chi connectivity index (χ1) is 12.9. The van der Waals surface area contributed by atoms with E-state index in [0.29, 0.717) is 22.9 Å². The van der Waals surface area contributed by atoms with Crippen LogP contribution >= 0.6 is 0 Å². The number of ether oxygens (including phenoxy) is 1. The molecule has 1 N–H and O–H groups in total. The Balaban J connectivity index is 1.71. The Morgan fingerprint density at radius 3 is 2.59 bits per heavy atom. The second-order valence-corrected chi connectivity index (χ2v) is 6.56. The molecule has 7 heteroatoms. The number of carbonyl (C=O) groups excluding carboxylic acids is 1. The summed E-state index contributed by atoms with van der Waals surface area (Å²) in [5.74, 6) is 0.941. The highest BCUT2D eigenvalue weighted by Gasteiger charge is 2.16. The standard InChI is InChI=1S/C20H22N4O3/c1-12(2)23-20(25)16-7-8-18(22-10-16)26-11-17-14(4)27-24-19(17)15-6-5-13(3)21-9-15/h5-10,12H,11H2,1-4H3,(H,23,25). The van der Waals surface area contributed by atoms with E-state index in [1.807, 2.05) is 39.8 Å². The molecule has 3 rings (SSSR count). The number of aryl methyl sites for hydroxylation is 2. The Bertz CT molecular complexity index is 915. The van der Waals surface area contributed by atoms with Crippen molar-refractivity contribution in [1.82, 2.24) is 20.4 Å². The van der Waals surface area contributed by atoms with Gasteiger partial charge in [0.25, 0.3) is 5.91 Å². The largest absolute Gasteiger partial charge is 0.473 e. The van der Waals surface area contributed by atoms with Gasteiger partial charge in [-0.05, 0) is 45.9 Å². The third-order valence-corrected chi connectivity index (χ3v) is 3.95. The molecule has 0 saturated carbocycles. The lowest BCUT2D eigenvalue weighted by molar-refractivity contribution is 0.0942. The smallest absolute Gasteiger partial charge is 0.253 e. The summed E-state index contributed by atoms with van der Waals surface area (Å²) < 4.78 is 11.1. The van der Waals surface area contributed by atoms with E-state index in [2.05, 4.69) is 20.4 Å². The van der Waals surface area contributed by atoms with Gasteiger partial charge in [0.2, 0.25) is 5.88 Å². The maximum atomic E-state index is 12.0. The maximum absolute atomic E-state index is 12.0. The van der Waals surface area contributed by atoms with Gasteiger partial charge in [-0.2, -0.15) is 0 Å². The van der Waals surface area contributed by atoms with Crippen molar-refractivity contribution in [3.8, 4) is 17.1 Å². The van der Waals surface area contributed by atoms with Crippen molar-refractivity contribution in [3.05, 3.63) is 59.2 Å². The molecule has 0 atom stereocenters. The van der Waals surface area contributed by atoms with Crippen LogP contribution in [-0.2, 0) is 6.61 Å². The van der Waals surface area contributed by atoms with Crippen LogP contribution in [0.4, 0.5) is 0 Å². The molecule has 0 unspecified atom stereocenters. The maximum Gasteiger partial charge on any atom is 0.253 e. The first-order valence-electron chi connectivity index (χ1n) is 8.72. The average Bonchev–Trinajstić information content (AvgIpc) is 3.01. The third-order valence-electron chi connectivity index (χ3n) is 3.95. The van der Waals surface area contributed by atoms with Crippen molar-refractivity contribution < 1.29 is 14.1 Å². The predicted octanol–water partition coefficient (Wildman–Crippen LogP) is 3.47. The van der Waals surface area contributed by atoms with Gasteiger partial charge in [0, 0.05) is 35.8 Å². The van der Waals surface area contributed by atoms with Crippen LogP contribution in [0.15, 0.2) is 41.2 Å². The second-order valence-electron chi connectivity index (χ2n) is 6.56. The van der Waals surface area contributed by atoms with Crippen LogP contribution in [0.25, 0.3) is 11.3 Å². The second kappa shape index (κ2) is 7.99. The first-order valence-corrected chi connectivity index (χ1v) is 8.72. The van der Waals surface area contributed by atoms with Crippen molar-refractivity contribution in [2.45, 2.75) is 40.3 Å². The Kier molecular flexibility index (Phi) is 5.49. The zero-order chi connectivity index (χ0) is 19.4. The number of nitrogens with one attached hydrogen (secondary N) is 1. The summed E-state index contributed by atoms with van der Waals surface area (Å²) in [4.78, 5) is 20.5. The van der Waals surface area contributed by atoms with E-state index in [1.165, 1.54) is 6.20 Å². The average molecular weight is 366 g/mol. The number of aromatic nitrogens is 3. The summed E-state index contributed by atoms with van der Waals surface area (Å²) in [6, 6.07) is 7.30. The molecule has 3 aromatic rings. The zero-order valence-corrected chi connectivity index (χ0v) is 15.8. The summed E-state index contributed by atoms with van der Waals surface area (Å²) in [6.07, 6.45) is 3.26. The molecule has 140 valence electrons. The summed E-state index contributed by atoms with van der Waals surface area (Å²) in [5, 5.41) is 6.95. The summed E-state index contributed by atoms with van der Waals surface area (Å²) in [7, 11) is 0. The molecule has 0 aromatic carbocycles. The van der Waals surface area contributed by atoms with Gasteiger partial charge in [0.1, 0.15) is 18.1 Å². The van der Waals surface area contributed by atoms with Crippen molar-refractivity contribution in [1.29, 1.82) is 0 Å². The first kappa shape index (κ1) is 18.6. The minimum absolute atomic E-state index is 0.0691. The number of pyridine rings is 2. The lowest BCUT2D eigenvalue weighted by atomic mass is 10.1. The Morgan fingerprint density at radius 2 is 1.96 bits per heavy atom. The molecule has 0 fully saturated rings. The van der Waals surface area contributed by atoms with Crippen LogP contribution in [0.5, 0.6) is 5.88 Å². The van der Waals surface area contributed by atoms with Crippen molar-refractivity contribution in [2.75, 3.05) is 0 Å². The molecule has 0 aliphatic carbocycles. The molecular formula is C20H22N4O3. The van der Waals surface area contributed by atoms with Crippen molar-refractivity contribution in [3.63, 3.8) is 0 Å². The quantitative estimate of drug-likeness (QED) is 0.718. The zero-order valence-electron chi connectivity index (χ0n) is 15.8. The topological polar surface area (TPSA) is 90.1 Å². The molecule has 1 amide bonds. The molecular weight excluding hydrogens is 344 g/mol. The highest BCUT2D eigenvalue weighted by Crippen LogP contribution is 2.26. The Labute approximate surface area is 157 Å². The molecule has 27 heavy (non-hydrogen) atoms. The molecule has 3 aromatic heterocycles. The van der Waals surface area contributed by atoms with Gasteiger partial charge in [-0.1, -0.05) is 5.16 Å². The minimum Gasteiger partial charge on any atom is -0.473 e. The Hall–Kier alpha value is -3.22. The summed E-state index contributed by atoms with van der Waals surface area (Å²) >= 11 is 0. The van der Waals surface area contributed by atoms with Crippen LogP contribution in [0.1, 0.15) is 41.2 Å². The fourth-order valence-corrected chi connectivity index (χ4v) is 2.49. The van der Waals surface area contributed by atoms with E-state index in [1.54, 1.807) is 18.3 Å². The Morgan fingerprint density at radius 1 is 1.15 bits per heavy atom. The number of hydrogen-bond donors (Lipinski definition) is 1. The van der Waals surface area contributed by atoms with E-state index in [9.17, 15) is 4.79 Å². The van der Waals surface area contributed by atoms with Crippen LogP contribution < -0.4 is 10.1 Å². The number of carbonyl (C=O) groups is 1. The monoisotopic (exact) mass is 366 g/mol. The van der Waals surface area contributed by atoms with E-state index in [4.69, 9.17) is 9.26 Å². The van der Waals surface area contributed by atoms with E-state index >= 15 is 0 Å². The van der Waals surface area contributed by atoms with Crippen LogP contribution in [0.3, 0.4) is 0 Å². The van der Waals surface area contributed by atoms with E-state index in [-0.39, 0.29) is 18.6 Å². The van der Waals surface area contributed by atoms with Gasteiger partial charge in [-0.3, -0.25) is 9.78 Å². The minimum atomic E-state index is -0.159. The van der Waals surface area contributed by atoms with Crippen molar-refractivity contribution in [2.24, 2.45) is 0 Å². The highest BCUT2D eigenvalue weighted by atomic mass is 16.5.